The average Bonchev–Trinajstić information content (AvgIpc) is 2.47. The second-order valence-corrected chi connectivity index (χ2v) is 3.70. The molecule has 0 unspecified atom stereocenters. The van der Waals surface area contributed by atoms with E-state index in [9.17, 15) is 0 Å². The molecule has 0 saturated carbocycles. The van der Waals surface area contributed by atoms with Gasteiger partial charge in [0.15, 0.2) is 0 Å². The first-order valence-electron chi connectivity index (χ1n) is 7.05. The van der Waals surface area contributed by atoms with Crippen LogP contribution >= 0.6 is 0 Å². The standard InChI is InChI=1S/C10H16N4.2C2H6/c1-9-6-12-10(13-7-9)8-14-4-2-11-3-5-14;2*1-2/h6-7,11H,2-5,8H2,1H3;2*1-2H3. The van der Waals surface area contributed by atoms with E-state index in [0.717, 1.165) is 44.1 Å². The molecule has 4 heteroatoms. The van der Waals surface area contributed by atoms with Crippen molar-refractivity contribution in [3.05, 3.63) is 23.8 Å². The Hall–Kier alpha value is -1.00. The largest absolute Gasteiger partial charge is 0.314 e. The lowest BCUT2D eigenvalue weighted by Gasteiger charge is -2.26. The van der Waals surface area contributed by atoms with Gasteiger partial charge in [0, 0.05) is 38.6 Å². The maximum absolute atomic E-state index is 4.30. The molecular weight excluding hydrogens is 224 g/mol. The minimum absolute atomic E-state index is 0.877. The number of nitrogens with zero attached hydrogens (tertiary/aromatic N) is 3. The molecular formula is C14H28N4. The lowest BCUT2D eigenvalue weighted by Crippen LogP contribution is -2.43. The fourth-order valence-corrected chi connectivity index (χ4v) is 1.57. The van der Waals surface area contributed by atoms with Gasteiger partial charge in [0.25, 0.3) is 0 Å². The fraction of sp³-hybridized carbons (Fsp3) is 0.714. The van der Waals surface area contributed by atoms with Gasteiger partial charge >= 0.3 is 0 Å². The Morgan fingerprint density at radius 2 is 1.56 bits per heavy atom. The van der Waals surface area contributed by atoms with E-state index in [-0.39, 0.29) is 0 Å². The number of aromatic nitrogens is 2. The van der Waals surface area contributed by atoms with Gasteiger partial charge in [-0.3, -0.25) is 4.90 Å². The van der Waals surface area contributed by atoms with Crippen molar-refractivity contribution in [2.75, 3.05) is 26.2 Å². The van der Waals surface area contributed by atoms with Crippen molar-refractivity contribution in [3.8, 4) is 0 Å². The molecule has 0 aromatic carbocycles. The molecule has 1 N–H and O–H groups in total. The highest BCUT2D eigenvalue weighted by Gasteiger charge is 2.10. The predicted molar refractivity (Wildman–Crippen MR) is 77.6 cm³/mol. The number of aryl methyl sites for hydroxylation is 1. The second kappa shape index (κ2) is 11.1. The fourth-order valence-electron chi connectivity index (χ4n) is 1.57. The number of hydrogen-bond acceptors (Lipinski definition) is 4. The molecule has 1 fully saturated rings. The Bertz CT molecular complexity index is 278. The van der Waals surface area contributed by atoms with E-state index < -0.39 is 0 Å². The minimum Gasteiger partial charge on any atom is -0.314 e. The molecule has 0 bridgehead atoms. The van der Waals surface area contributed by atoms with Crippen LogP contribution in [0.25, 0.3) is 0 Å². The van der Waals surface area contributed by atoms with Crippen molar-refractivity contribution in [1.29, 1.82) is 0 Å². The molecule has 0 atom stereocenters. The molecule has 0 radical (unpaired) electrons. The molecule has 1 aliphatic heterocycles. The molecule has 1 aliphatic rings. The molecule has 2 heterocycles. The number of nitrogens with one attached hydrogen (secondary N) is 1. The van der Waals surface area contributed by atoms with Gasteiger partial charge in [-0.2, -0.15) is 0 Å². The van der Waals surface area contributed by atoms with Crippen LogP contribution in [0.1, 0.15) is 39.1 Å². The van der Waals surface area contributed by atoms with Crippen LogP contribution in [0.3, 0.4) is 0 Å². The van der Waals surface area contributed by atoms with Crippen molar-refractivity contribution in [1.82, 2.24) is 20.2 Å². The van der Waals surface area contributed by atoms with Crippen LogP contribution in [0.5, 0.6) is 0 Å². The summed E-state index contributed by atoms with van der Waals surface area (Å²) < 4.78 is 0. The summed E-state index contributed by atoms with van der Waals surface area (Å²) in [7, 11) is 0. The van der Waals surface area contributed by atoms with E-state index >= 15 is 0 Å². The van der Waals surface area contributed by atoms with Crippen molar-refractivity contribution in [2.45, 2.75) is 41.2 Å². The van der Waals surface area contributed by atoms with Crippen molar-refractivity contribution >= 4 is 0 Å². The topological polar surface area (TPSA) is 41.1 Å². The Labute approximate surface area is 112 Å². The number of piperazine rings is 1. The van der Waals surface area contributed by atoms with Gasteiger partial charge in [-0.05, 0) is 12.5 Å². The summed E-state index contributed by atoms with van der Waals surface area (Å²) in [5.74, 6) is 0.928. The summed E-state index contributed by atoms with van der Waals surface area (Å²) in [5, 5.41) is 3.33. The third-order valence-electron chi connectivity index (χ3n) is 2.41. The molecule has 0 aliphatic carbocycles. The number of rotatable bonds is 2. The van der Waals surface area contributed by atoms with Gasteiger partial charge in [-0.25, -0.2) is 9.97 Å². The average molecular weight is 252 g/mol. The SMILES string of the molecule is CC.CC.Cc1cnc(CN2CCNCC2)nc1. The maximum atomic E-state index is 4.30. The summed E-state index contributed by atoms with van der Waals surface area (Å²) in [4.78, 5) is 11.0. The van der Waals surface area contributed by atoms with E-state index in [4.69, 9.17) is 0 Å². The maximum Gasteiger partial charge on any atom is 0.142 e. The molecule has 104 valence electrons. The zero-order chi connectivity index (χ0) is 13.8. The van der Waals surface area contributed by atoms with E-state index in [1.807, 2.05) is 47.0 Å². The highest BCUT2D eigenvalue weighted by molar-refractivity contribution is 5.01. The van der Waals surface area contributed by atoms with Crippen LogP contribution < -0.4 is 5.32 Å². The first-order valence-corrected chi connectivity index (χ1v) is 7.05. The van der Waals surface area contributed by atoms with E-state index in [1.165, 1.54) is 0 Å². The minimum atomic E-state index is 0.877. The van der Waals surface area contributed by atoms with Gasteiger partial charge in [-0.15, -0.1) is 0 Å². The van der Waals surface area contributed by atoms with Crippen LogP contribution in [-0.2, 0) is 6.54 Å². The van der Waals surface area contributed by atoms with E-state index in [0.29, 0.717) is 0 Å². The van der Waals surface area contributed by atoms with Gasteiger partial charge in [0.2, 0.25) is 0 Å². The molecule has 4 nitrogen and oxygen atoms in total. The molecule has 1 aromatic rings. The van der Waals surface area contributed by atoms with Gasteiger partial charge < -0.3 is 5.32 Å². The normalized spacial score (nSPS) is 14.9. The van der Waals surface area contributed by atoms with Crippen molar-refractivity contribution < 1.29 is 0 Å². The molecule has 1 saturated heterocycles. The van der Waals surface area contributed by atoms with Gasteiger partial charge in [-0.1, -0.05) is 27.7 Å². The second-order valence-electron chi connectivity index (χ2n) is 3.70. The zero-order valence-electron chi connectivity index (χ0n) is 12.5. The van der Waals surface area contributed by atoms with Crippen LogP contribution in [-0.4, -0.2) is 41.0 Å². The lowest BCUT2D eigenvalue weighted by molar-refractivity contribution is 0.228. The van der Waals surface area contributed by atoms with Gasteiger partial charge in [0.1, 0.15) is 5.82 Å². The molecule has 2 rings (SSSR count). The monoisotopic (exact) mass is 252 g/mol. The number of hydrogen-bond donors (Lipinski definition) is 1. The summed E-state index contributed by atoms with van der Waals surface area (Å²) in [5.41, 5.74) is 1.12. The third kappa shape index (κ3) is 6.67. The molecule has 0 amide bonds. The summed E-state index contributed by atoms with van der Waals surface area (Å²) >= 11 is 0. The van der Waals surface area contributed by atoms with E-state index in [2.05, 4.69) is 20.2 Å². The van der Waals surface area contributed by atoms with Gasteiger partial charge in [0.05, 0.1) is 6.54 Å². The molecule has 0 spiro atoms. The first-order chi connectivity index (χ1) is 8.84. The molecule has 18 heavy (non-hydrogen) atoms. The van der Waals surface area contributed by atoms with E-state index in [1.54, 1.807) is 0 Å². The zero-order valence-corrected chi connectivity index (χ0v) is 12.5. The molecule has 1 aromatic heterocycles. The first kappa shape index (κ1) is 17.0. The Morgan fingerprint density at radius 1 is 1.06 bits per heavy atom. The quantitative estimate of drug-likeness (QED) is 0.876. The highest BCUT2D eigenvalue weighted by Crippen LogP contribution is 2.00. The Kier molecular flexibility index (Phi) is 10.5. The van der Waals surface area contributed by atoms with Crippen LogP contribution in [0, 0.1) is 6.92 Å². The van der Waals surface area contributed by atoms with Crippen LogP contribution in [0.15, 0.2) is 12.4 Å². The van der Waals surface area contributed by atoms with Crippen molar-refractivity contribution in [3.63, 3.8) is 0 Å². The van der Waals surface area contributed by atoms with Crippen LogP contribution in [0.2, 0.25) is 0 Å². The summed E-state index contributed by atoms with van der Waals surface area (Å²) in [6.07, 6.45) is 3.76. The summed E-state index contributed by atoms with van der Waals surface area (Å²) in [6.45, 7) is 15.2. The highest BCUT2D eigenvalue weighted by atomic mass is 15.2. The third-order valence-corrected chi connectivity index (χ3v) is 2.41. The Morgan fingerprint density at radius 3 is 2.06 bits per heavy atom. The Balaban J connectivity index is 0.000000659. The van der Waals surface area contributed by atoms with Crippen LogP contribution in [0.4, 0.5) is 0 Å². The summed E-state index contributed by atoms with van der Waals surface area (Å²) in [6, 6.07) is 0. The van der Waals surface area contributed by atoms with Crippen molar-refractivity contribution in [2.24, 2.45) is 0 Å². The smallest absolute Gasteiger partial charge is 0.142 e. The lowest BCUT2D eigenvalue weighted by atomic mass is 10.3. The predicted octanol–water partition coefficient (Wildman–Crippen LogP) is 2.24.